The number of carbonyl (C=O) groups excluding carboxylic acids is 1. The van der Waals surface area contributed by atoms with Crippen molar-refractivity contribution in [1.82, 2.24) is 13.8 Å². The normalized spacial score (nSPS) is 13.8. The number of fused-ring (bicyclic) bond motifs is 3. The number of benzene rings is 1. The Morgan fingerprint density at radius 3 is 2.38 bits per heavy atom. The number of nitrogens with one attached hydrogen (secondary N) is 1. The average Bonchev–Trinajstić information content (AvgIpc) is 2.95. The molecule has 7 nitrogen and oxygen atoms in total. The summed E-state index contributed by atoms with van der Waals surface area (Å²) >= 11 is 0. The number of hydrogen-bond donors (Lipinski definition) is 1. The van der Waals surface area contributed by atoms with E-state index in [9.17, 15) is 14.4 Å². The molecular formula is C17H16N4O3. The van der Waals surface area contributed by atoms with Crippen LogP contribution in [0.15, 0.2) is 39.9 Å². The summed E-state index contributed by atoms with van der Waals surface area (Å²) in [6.45, 7) is 0.487. The smallest absolute Gasteiger partial charge is 0.325 e. The number of rotatable bonds is 1. The van der Waals surface area contributed by atoms with Crippen LogP contribution in [0.2, 0.25) is 0 Å². The van der Waals surface area contributed by atoms with E-state index in [1.165, 1.54) is 11.6 Å². The van der Waals surface area contributed by atoms with Crippen molar-refractivity contribution in [3.05, 3.63) is 56.9 Å². The van der Waals surface area contributed by atoms with Crippen LogP contribution in [-0.4, -0.2) is 26.1 Å². The largest absolute Gasteiger partial charge is 0.331 e. The molecule has 1 aliphatic rings. The number of aryl methyl sites for hydroxylation is 1. The Labute approximate surface area is 136 Å². The van der Waals surface area contributed by atoms with E-state index in [1.54, 1.807) is 11.7 Å². The third-order valence-corrected chi connectivity index (χ3v) is 4.51. The maximum absolute atomic E-state index is 12.8. The summed E-state index contributed by atoms with van der Waals surface area (Å²) in [5.41, 5.74) is 4.51. The van der Waals surface area contributed by atoms with E-state index in [0.717, 1.165) is 10.1 Å². The second kappa shape index (κ2) is 4.95. The zero-order valence-corrected chi connectivity index (χ0v) is 13.4. The SMILES string of the molecule is Cn1c(=O)c2c(-c3ccccc3)n3c(c2n(C)c1=O)C(=O)CCN3. The minimum Gasteiger partial charge on any atom is -0.325 e. The van der Waals surface area contributed by atoms with Crippen LogP contribution in [0, 0.1) is 0 Å². The Hall–Kier alpha value is -3.09. The number of Topliss-reactive ketones (excluding diaryl/α,β-unsaturated/α-hetero) is 1. The predicted molar refractivity (Wildman–Crippen MR) is 91.0 cm³/mol. The van der Waals surface area contributed by atoms with Gasteiger partial charge in [0.15, 0.2) is 5.78 Å². The molecular weight excluding hydrogens is 308 g/mol. The molecule has 3 aromatic rings. The fourth-order valence-corrected chi connectivity index (χ4v) is 3.35. The lowest BCUT2D eigenvalue weighted by Crippen LogP contribution is -2.37. The molecule has 3 heterocycles. The number of ketones is 1. The fraction of sp³-hybridized carbons (Fsp3) is 0.235. The monoisotopic (exact) mass is 324 g/mol. The van der Waals surface area contributed by atoms with Crippen molar-refractivity contribution in [2.45, 2.75) is 6.42 Å². The average molecular weight is 324 g/mol. The van der Waals surface area contributed by atoms with Crippen molar-refractivity contribution >= 4 is 16.7 Å². The molecule has 2 aromatic heterocycles. The quantitative estimate of drug-likeness (QED) is 0.719. The first-order valence-electron chi connectivity index (χ1n) is 7.69. The molecule has 0 atom stereocenters. The predicted octanol–water partition coefficient (Wildman–Crippen LogP) is 0.836. The summed E-state index contributed by atoms with van der Waals surface area (Å²) in [4.78, 5) is 37.7. The zero-order valence-electron chi connectivity index (χ0n) is 13.4. The third kappa shape index (κ3) is 1.75. The Bertz CT molecular complexity index is 1100. The van der Waals surface area contributed by atoms with Crippen LogP contribution < -0.4 is 16.7 Å². The van der Waals surface area contributed by atoms with Gasteiger partial charge in [0.1, 0.15) is 5.69 Å². The molecule has 7 heteroatoms. The highest BCUT2D eigenvalue weighted by molar-refractivity contribution is 6.11. The van der Waals surface area contributed by atoms with E-state index in [4.69, 9.17) is 0 Å². The van der Waals surface area contributed by atoms with E-state index >= 15 is 0 Å². The van der Waals surface area contributed by atoms with Crippen LogP contribution in [0.4, 0.5) is 0 Å². The minimum atomic E-state index is -0.445. The topological polar surface area (TPSA) is 78.0 Å². The van der Waals surface area contributed by atoms with E-state index < -0.39 is 11.2 Å². The minimum absolute atomic E-state index is 0.0795. The van der Waals surface area contributed by atoms with E-state index in [2.05, 4.69) is 5.43 Å². The maximum atomic E-state index is 12.8. The standard InChI is InChI=1S/C17H16N4O3/c1-19-15-12(16(23)20(2)17(19)24)13(10-6-4-3-5-7-10)21-14(15)11(22)8-9-18-21/h3-7,18H,8-9H2,1-2H3. The van der Waals surface area contributed by atoms with Gasteiger partial charge in [-0.1, -0.05) is 30.3 Å². The summed E-state index contributed by atoms with van der Waals surface area (Å²) in [6.07, 6.45) is 0.330. The lowest BCUT2D eigenvalue weighted by atomic mass is 10.1. The molecule has 0 fully saturated rings. The van der Waals surface area contributed by atoms with Crippen LogP contribution in [0.1, 0.15) is 16.9 Å². The van der Waals surface area contributed by atoms with Gasteiger partial charge < -0.3 is 5.43 Å². The summed E-state index contributed by atoms with van der Waals surface area (Å²) in [5.74, 6) is -0.0795. The highest BCUT2D eigenvalue weighted by atomic mass is 16.2. The first kappa shape index (κ1) is 14.5. The molecule has 0 amide bonds. The number of hydrogen-bond acceptors (Lipinski definition) is 4. The number of aromatic nitrogens is 3. The summed E-state index contributed by atoms with van der Waals surface area (Å²) in [6, 6.07) is 9.40. The van der Waals surface area contributed by atoms with Gasteiger partial charge in [-0.05, 0) is 0 Å². The van der Waals surface area contributed by atoms with Gasteiger partial charge >= 0.3 is 5.69 Å². The molecule has 0 radical (unpaired) electrons. The fourth-order valence-electron chi connectivity index (χ4n) is 3.35. The van der Waals surface area contributed by atoms with Crippen molar-refractivity contribution in [1.29, 1.82) is 0 Å². The summed E-state index contributed by atoms with van der Waals surface area (Å²) in [7, 11) is 3.03. The lowest BCUT2D eigenvalue weighted by Gasteiger charge is -2.19. The van der Waals surface area contributed by atoms with Gasteiger partial charge in [-0.3, -0.25) is 23.4 Å². The van der Waals surface area contributed by atoms with Crippen LogP contribution >= 0.6 is 0 Å². The van der Waals surface area contributed by atoms with Crippen LogP contribution in [0.3, 0.4) is 0 Å². The van der Waals surface area contributed by atoms with Gasteiger partial charge in [-0.2, -0.15) is 0 Å². The zero-order chi connectivity index (χ0) is 17.0. The lowest BCUT2D eigenvalue weighted by molar-refractivity contribution is 0.0971. The van der Waals surface area contributed by atoms with Crippen molar-refractivity contribution in [2.24, 2.45) is 14.1 Å². The van der Waals surface area contributed by atoms with Gasteiger partial charge in [0.25, 0.3) is 5.56 Å². The first-order chi connectivity index (χ1) is 11.5. The van der Waals surface area contributed by atoms with Gasteiger partial charge in [0.05, 0.1) is 16.6 Å². The van der Waals surface area contributed by atoms with Gasteiger partial charge in [0, 0.05) is 32.6 Å². The summed E-state index contributed by atoms with van der Waals surface area (Å²) in [5, 5.41) is 0.378. The molecule has 122 valence electrons. The molecule has 24 heavy (non-hydrogen) atoms. The number of nitrogens with zero attached hydrogens (tertiary/aromatic N) is 3. The Morgan fingerprint density at radius 1 is 0.958 bits per heavy atom. The van der Waals surface area contributed by atoms with Gasteiger partial charge in [-0.25, -0.2) is 4.79 Å². The molecule has 4 rings (SSSR count). The highest BCUT2D eigenvalue weighted by Crippen LogP contribution is 2.32. The Morgan fingerprint density at radius 2 is 1.67 bits per heavy atom. The van der Waals surface area contributed by atoms with Gasteiger partial charge in [0.2, 0.25) is 0 Å². The van der Waals surface area contributed by atoms with Crippen LogP contribution in [0.25, 0.3) is 22.2 Å². The van der Waals surface area contributed by atoms with Crippen molar-refractivity contribution in [2.75, 3.05) is 12.0 Å². The van der Waals surface area contributed by atoms with Crippen molar-refractivity contribution < 1.29 is 4.79 Å². The molecule has 1 aliphatic heterocycles. The maximum Gasteiger partial charge on any atom is 0.331 e. The first-order valence-corrected chi connectivity index (χ1v) is 7.69. The molecule has 0 bridgehead atoms. The third-order valence-electron chi connectivity index (χ3n) is 4.51. The Kier molecular flexibility index (Phi) is 2.99. The molecule has 0 saturated carbocycles. The van der Waals surface area contributed by atoms with Crippen molar-refractivity contribution in [3.8, 4) is 11.3 Å². The van der Waals surface area contributed by atoms with Crippen LogP contribution in [-0.2, 0) is 14.1 Å². The molecule has 1 aromatic carbocycles. The molecule has 0 spiro atoms. The van der Waals surface area contributed by atoms with E-state index in [1.807, 2.05) is 30.3 Å². The number of carbonyl (C=O) groups is 1. The molecule has 0 unspecified atom stereocenters. The molecule has 0 aliphatic carbocycles. The second-order valence-corrected chi connectivity index (χ2v) is 5.91. The van der Waals surface area contributed by atoms with Crippen LogP contribution in [0.5, 0.6) is 0 Å². The van der Waals surface area contributed by atoms with Gasteiger partial charge in [-0.15, -0.1) is 0 Å². The van der Waals surface area contributed by atoms with E-state index in [0.29, 0.717) is 35.3 Å². The molecule has 1 N–H and O–H groups in total. The van der Waals surface area contributed by atoms with Crippen molar-refractivity contribution in [3.63, 3.8) is 0 Å². The summed E-state index contributed by atoms with van der Waals surface area (Å²) < 4.78 is 4.11. The van der Waals surface area contributed by atoms with E-state index in [-0.39, 0.29) is 5.78 Å². The second-order valence-electron chi connectivity index (χ2n) is 5.91. The Balaban J connectivity index is 2.31. The highest BCUT2D eigenvalue weighted by Gasteiger charge is 2.30. The molecule has 0 saturated heterocycles.